The normalized spacial score (nSPS) is 13.3. The SMILES string of the molecule is CCC(C)(N)O.CCCCCCCCCCCCCCCCO. The third-order valence-corrected chi connectivity index (χ3v) is 4.23. The van der Waals surface area contributed by atoms with E-state index < -0.39 is 5.72 Å². The molecule has 0 aromatic rings. The van der Waals surface area contributed by atoms with Crippen LogP contribution in [0.2, 0.25) is 0 Å². The predicted octanol–water partition coefficient (Wildman–Crippen LogP) is 5.52. The Kier molecular flexibility index (Phi) is 21.8. The quantitative estimate of drug-likeness (QED) is 0.273. The zero-order valence-corrected chi connectivity index (χ0v) is 16.3. The first-order valence-corrected chi connectivity index (χ1v) is 10.1. The molecule has 0 heterocycles. The maximum absolute atomic E-state index is 8.64. The van der Waals surface area contributed by atoms with Gasteiger partial charge >= 0.3 is 0 Å². The van der Waals surface area contributed by atoms with Crippen molar-refractivity contribution in [2.24, 2.45) is 5.73 Å². The van der Waals surface area contributed by atoms with Crippen LogP contribution in [0, 0.1) is 0 Å². The van der Waals surface area contributed by atoms with Crippen LogP contribution in [0.25, 0.3) is 0 Å². The monoisotopic (exact) mass is 331 g/mol. The summed E-state index contributed by atoms with van der Waals surface area (Å²) in [5, 5.41) is 17.2. The summed E-state index contributed by atoms with van der Waals surface area (Å²) in [4.78, 5) is 0. The van der Waals surface area contributed by atoms with E-state index >= 15 is 0 Å². The van der Waals surface area contributed by atoms with Crippen molar-refractivity contribution in [3.05, 3.63) is 0 Å². The molecule has 3 nitrogen and oxygen atoms in total. The highest BCUT2D eigenvalue weighted by atomic mass is 16.3. The Balaban J connectivity index is 0. The van der Waals surface area contributed by atoms with E-state index in [2.05, 4.69) is 6.92 Å². The molecule has 0 radical (unpaired) electrons. The topological polar surface area (TPSA) is 66.5 Å². The lowest BCUT2D eigenvalue weighted by Crippen LogP contribution is -2.34. The van der Waals surface area contributed by atoms with E-state index in [4.69, 9.17) is 15.9 Å². The van der Waals surface area contributed by atoms with Gasteiger partial charge in [-0.05, 0) is 19.8 Å². The van der Waals surface area contributed by atoms with Gasteiger partial charge < -0.3 is 15.9 Å². The third-order valence-electron chi connectivity index (χ3n) is 4.23. The summed E-state index contributed by atoms with van der Waals surface area (Å²) in [5.74, 6) is 0. The minimum Gasteiger partial charge on any atom is -0.396 e. The maximum Gasteiger partial charge on any atom is 0.110 e. The molecule has 0 aliphatic heterocycles. The standard InChI is InChI=1S/C16H34O.C4H11NO/c1-2-3-4-5-6-7-8-9-10-11-12-13-14-15-16-17;1-3-4(2,5)6/h17H,2-16H2,1H3;6H,3,5H2,1-2H3. The van der Waals surface area contributed by atoms with E-state index in [-0.39, 0.29) is 0 Å². The lowest BCUT2D eigenvalue weighted by atomic mass is 10.0. The zero-order valence-electron chi connectivity index (χ0n) is 16.3. The summed E-state index contributed by atoms with van der Waals surface area (Å²) in [6.45, 7) is 6.06. The van der Waals surface area contributed by atoms with Crippen molar-refractivity contribution in [3.63, 3.8) is 0 Å². The van der Waals surface area contributed by atoms with Crippen LogP contribution in [0.15, 0.2) is 0 Å². The molecule has 142 valence electrons. The summed E-state index contributed by atoms with van der Waals surface area (Å²) in [6.07, 6.45) is 19.8. The molecule has 1 unspecified atom stereocenters. The summed E-state index contributed by atoms with van der Waals surface area (Å²) in [5.41, 5.74) is 4.13. The van der Waals surface area contributed by atoms with Crippen LogP contribution in [-0.2, 0) is 0 Å². The second-order valence-corrected chi connectivity index (χ2v) is 7.03. The smallest absolute Gasteiger partial charge is 0.110 e. The van der Waals surface area contributed by atoms with Gasteiger partial charge in [-0.25, -0.2) is 0 Å². The van der Waals surface area contributed by atoms with Crippen molar-refractivity contribution in [2.45, 2.75) is 123 Å². The number of aliphatic hydroxyl groups excluding tert-OH is 1. The van der Waals surface area contributed by atoms with E-state index in [1.165, 1.54) is 83.5 Å². The van der Waals surface area contributed by atoms with Crippen LogP contribution in [0.1, 0.15) is 117 Å². The first kappa shape index (κ1) is 25.1. The Bertz CT molecular complexity index is 188. The van der Waals surface area contributed by atoms with Crippen molar-refractivity contribution in [1.29, 1.82) is 0 Å². The van der Waals surface area contributed by atoms with E-state index in [9.17, 15) is 0 Å². The highest BCUT2D eigenvalue weighted by Gasteiger charge is 2.06. The molecule has 4 N–H and O–H groups in total. The highest BCUT2D eigenvalue weighted by molar-refractivity contribution is 4.56. The molecule has 0 aromatic heterocycles. The van der Waals surface area contributed by atoms with E-state index in [1.807, 2.05) is 6.92 Å². The van der Waals surface area contributed by atoms with Crippen molar-refractivity contribution in [3.8, 4) is 0 Å². The molecule has 0 rings (SSSR count). The van der Waals surface area contributed by atoms with Crippen LogP contribution in [0.4, 0.5) is 0 Å². The molecule has 0 aliphatic carbocycles. The lowest BCUT2D eigenvalue weighted by Gasteiger charge is -2.11. The van der Waals surface area contributed by atoms with Gasteiger partial charge in [0.05, 0.1) is 0 Å². The van der Waals surface area contributed by atoms with Gasteiger partial charge in [-0.3, -0.25) is 0 Å². The molecule has 0 aliphatic rings. The Morgan fingerprint density at radius 2 is 0.913 bits per heavy atom. The van der Waals surface area contributed by atoms with Crippen molar-refractivity contribution < 1.29 is 10.2 Å². The molecule has 0 bridgehead atoms. The van der Waals surface area contributed by atoms with E-state index in [0.717, 1.165) is 6.42 Å². The fourth-order valence-electron chi connectivity index (χ4n) is 2.31. The van der Waals surface area contributed by atoms with Gasteiger partial charge in [0.25, 0.3) is 0 Å². The number of nitrogens with two attached hydrogens (primary N) is 1. The van der Waals surface area contributed by atoms with Crippen LogP contribution in [-0.4, -0.2) is 22.5 Å². The number of aliphatic hydroxyl groups is 2. The molecule has 0 saturated heterocycles. The summed E-state index contributed by atoms with van der Waals surface area (Å²) >= 11 is 0. The summed E-state index contributed by atoms with van der Waals surface area (Å²) in [6, 6.07) is 0. The number of hydrogen-bond donors (Lipinski definition) is 3. The first-order chi connectivity index (χ1) is 11.0. The highest BCUT2D eigenvalue weighted by Crippen LogP contribution is 2.12. The largest absolute Gasteiger partial charge is 0.396 e. The minimum atomic E-state index is -0.958. The Labute approximate surface area is 146 Å². The van der Waals surface area contributed by atoms with Crippen molar-refractivity contribution in [2.75, 3.05) is 6.61 Å². The van der Waals surface area contributed by atoms with Gasteiger partial charge in [-0.15, -0.1) is 0 Å². The first-order valence-electron chi connectivity index (χ1n) is 10.1. The van der Waals surface area contributed by atoms with Gasteiger partial charge in [-0.1, -0.05) is 97.3 Å². The van der Waals surface area contributed by atoms with Gasteiger partial charge in [0.2, 0.25) is 0 Å². The lowest BCUT2D eigenvalue weighted by molar-refractivity contribution is 0.0632. The number of unbranched alkanes of at least 4 members (excludes halogenated alkanes) is 13. The van der Waals surface area contributed by atoms with E-state index in [1.54, 1.807) is 6.92 Å². The molecule has 0 saturated carbocycles. The second kappa shape index (κ2) is 19.9. The van der Waals surface area contributed by atoms with Gasteiger partial charge in [0.1, 0.15) is 5.72 Å². The zero-order chi connectivity index (χ0) is 17.8. The third kappa shape index (κ3) is 30.3. The van der Waals surface area contributed by atoms with Gasteiger partial charge in [0, 0.05) is 6.61 Å². The van der Waals surface area contributed by atoms with Crippen molar-refractivity contribution >= 4 is 0 Å². The predicted molar refractivity (Wildman–Crippen MR) is 103 cm³/mol. The Hall–Kier alpha value is -0.120. The second-order valence-electron chi connectivity index (χ2n) is 7.03. The molecular weight excluding hydrogens is 286 g/mol. The molecule has 0 spiro atoms. The molecule has 3 heteroatoms. The summed E-state index contributed by atoms with van der Waals surface area (Å²) in [7, 11) is 0. The minimum absolute atomic E-state index is 0.373. The number of rotatable bonds is 15. The Morgan fingerprint density at radius 3 is 1.13 bits per heavy atom. The molecule has 0 amide bonds. The van der Waals surface area contributed by atoms with E-state index in [0.29, 0.717) is 13.0 Å². The van der Waals surface area contributed by atoms with Crippen LogP contribution >= 0.6 is 0 Å². The molecule has 23 heavy (non-hydrogen) atoms. The fraction of sp³-hybridized carbons (Fsp3) is 1.00. The van der Waals surface area contributed by atoms with Crippen LogP contribution in [0.3, 0.4) is 0 Å². The van der Waals surface area contributed by atoms with Crippen LogP contribution in [0.5, 0.6) is 0 Å². The molecule has 0 aromatic carbocycles. The maximum atomic E-state index is 8.64. The molecule has 0 fully saturated rings. The van der Waals surface area contributed by atoms with Gasteiger partial charge in [-0.2, -0.15) is 0 Å². The average molecular weight is 332 g/mol. The Morgan fingerprint density at radius 1 is 0.652 bits per heavy atom. The average Bonchev–Trinajstić information content (AvgIpc) is 2.52. The fourth-order valence-corrected chi connectivity index (χ4v) is 2.31. The molecular formula is C20H45NO2. The number of hydrogen-bond acceptors (Lipinski definition) is 3. The van der Waals surface area contributed by atoms with Crippen LogP contribution < -0.4 is 5.73 Å². The van der Waals surface area contributed by atoms with Gasteiger partial charge in [0.15, 0.2) is 0 Å². The summed E-state index contributed by atoms with van der Waals surface area (Å²) < 4.78 is 0. The van der Waals surface area contributed by atoms with Crippen molar-refractivity contribution in [1.82, 2.24) is 0 Å². The molecule has 1 atom stereocenters.